The number of rotatable bonds is 8. The van der Waals surface area contributed by atoms with Gasteiger partial charge >= 0.3 is 0 Å². The van der Waals surface area contributed by atoms with Gasteiger partial charge in [-0.3, -0.25) is 19.2 Å². The molecule has 0 unspecified atom stereocenters. The molecule has 3 aromatic rings. The van der Waals surface area contributed by atoms with Crippen LogP contribution in [0.1, 0.15) is 51.5 Å². The number of benzene rings is 2. The first-order valence-electron chi connectivity index (χ1n) is 9.55. The van der Waals surface area contributed by atoms with E-state index in [4.69, 9.17) is 4.84 Å². The van der Waals surface area contributed by atoms with E-state index in [1.54, 1.807) is 6.92 Å². The minimum Gasteiger partial charge on any atom is -0.355 e. The smallest absolute Gasteiger partial charge is 0.247 e. The van der Waals surface area contributed by atoms with Crippen molar-refractivity contribution in [1.29, 1.82) is 0 Å². The van der Waals surface area contributed by atoms with Crippen molar-refractivity contribution in [2.24, 2.45) is 0 Å². The van der Waals surface area contributed by atoms with E-state index in [1.807, 2.05) is 49.4 Å². The highest BCUT2D eigenvalue weighted by atomic mass is 16.7. The van der Waals surface area contributed by atoms with Crippen LogP contribution in [0.4, 0.5) is 0 Å². The maximum atomic E-state index is 12.5. The van der Waals surface area contributed by atoms with Crippen molar-refractivity contribution in [3.63, 3.8) is 0 Å². The number of carbonyl (C=O) groups is 3. The molecule has 2 N–H and O–H groups in total. The van der Waals surface area contributed by atoms with Crippen LogP contribution in [-0.4, -0.2) is 29.1 Å². The van der Waals surface area contributed by atoms with E-state index in [0.717, 1.165) is 16.3 Å². The number of fused-ring (bicyclic) bond motifs is 1. The average Bonchev–Trinajstić information content (AvgIpc) is 3.05. The van der Waals surface area contributed by atoms with E-state index in [2.05, 4.69) is 10.5 Å². The Balaban J connectivity index is 1.61. The van der Waals surface area contributed by atoms with Crippen LogP contribution in [0.15, 0.2) is 42.5 Å². The van der Waals surface area contributed by atoms with Crippen LogP contribution in [0.2, 0.25) is 0 Å². The van der Waals surface area contributed by atoms with Gasteiger partial charge in [-0.05, 0) is 42.2 Å². The molecule has 150 valence electrons. The lowest BCUT2D eigenvalue weighted by Crippen LogP contribution is -2.28. The van der Waals surface area contributed by atoms with Gasteiger partial charge in [0.1, 0.15) is 6.61 Å². The minimum absolute atomic E-state index is 0.0843. The second-order valence-electron chi connectivity index (χ2n) is 6.94. The lowest BCUT2D eigenvalue weighted by molar-refractivity contribution is -0.131. The first-order valence-corrected chi connectivity index (χ1v) is 9.55. The number of H-pyrrole nitrogens is 1. The van der Waals surface area contributed by atoms with E-state index >= 15 is 0 Å². The van der Waals surface area contributed by atoms with E-state index in [1.165, 1.54) is 6.92 Å². The van der Waals surface area contributed by atoms with Crippen LogP contribution < -0.4 is 5.48 Å². The molecule has 0 aliphatic carbocycles. The monoisotopic (exact) mass is 392 g/mol. The molecule has 0 aliphatic heterocycles. The second-order valence-corrected chi connectivity index (χ2v) is 6.94. The molecule has 29 heavy (non-hydrogen) atoms. The molecular weight excluding hydrogens is 368 g/mol. The molecule has 3 rings (SSSR count). The molecule has 0 saturated heterocycles. The Morgan fingerprint density at radius 3 is 2.52 bits per heavy atom. The predicted molar refractivity (Wildman–Crippen MR) is 111 cm³/mol. The molecule has 0 radical (unpaired) electrons. The zero-order chi connectivity index (χ0) is 21.0. The van der Waals surface area contributed by atoms with Gasteiger partial charge in [-0.2, -0.15) is 0 Å². The van der Waals surface area contributed by atoms with E-state index in [9.17, 15) is 14.4 Å². The number of carbonyl (C=O) groups excluding carboxylic acids is 3. The summed E-state index contributed by atoms with van der Waals surface area (Å²) in [6, 6.07) is 13.6. The number of aromatic amines is 1. The third-order valence-electron chi connectivity index (χ3n) is 4.90. The highest BCUT2D eigenvalue weighted by Crippen LogP contribution is 2.21. The number of Topliss-reactive ketones (excluding diaryl/α,β-unsaturated/α-hetero) is 2. The molecule has 0 fully saturated rings. The van der Waals surface area contributed by atoms with E-state index in [-0.39, 0.29) is 30.5 Å². The highest BCUT2D eigenvalue weighted by molar-refractivity contribution is 6.04. The van der Waals surface area contributed by atoms with Crippen LogP contribution in [0.5, 0.6) is 0 Å². The molecule has 1 aromatic heterocycles. The van der Waals surface area contributed by atoms with Crippen LogP contribution >= 0.6 is 0 Å². The molecular formula is C23H24N2O4. The van der Waals surface area contributed by atoms with Crippen molar-refractivity contribution in [3.8, 4) is 0 Å². The molecule has 0 atom stereocenters. The van der Waals surface area contributed by atoms with Gasteiger partial charge in [0.15, 0.2) is 5.78 Å². The lowest BCUT2D eigenvalue weighted by Gasteiger charge is -2.08. The highest BCUT2D eigenvalue weighted by Gasteiger charge is 2.21. The van der Waals surface area contributed by atoms with Crippen LogP contribution in [0, 0.1) is 6.92 Å². The fraction of sp³-hybridized carbons (Fsp3) is 0.261. The molecule has 1 heterocycles. The number of hydroxylamine groups is 1. The number of nitrogens with one attached hydrogen (secondary N) is 2. The average molecular weight is 392 g/mol. The summed E-state index contributed by atoms with van der Waals surface area (Å²) in [5.74, 6) is -0.737. The Labute approximate surface area is 169 Å². The molecule has 1 amide bonds. The van der Waals surface area contributed by atoms with Crippen LogP contribution in [0.3, 0.4) is 0 Å². The Morgan fingerprint density at radius 1 is 1.07 bits per heavy atom. The van der Waals surface area contributed by atoms with Crippen LogP contribution in [-0.2, 0) is 22.5 Å². The molecule has 6 heteroatoms. The predicted octanol–water partition coefficient (Wildman–Crippen LogP) is 3.71. The fourth-order valence-corrected chi connectivity index (χ4v) is 3.65. The van der Waals surface area contributed by atoms with Gasteiger partial charge in [0.25, 0.3) is 0 Å². The van der Waals surface area contributed by atoms with Gasteiger partial charge in [-0.1, -0.05) is 49.4 Å². The molecule has 0 spiro atoms. The maximum Gasteiger partial charge on any atom is 0.247 e. The second kappa shape index (κ2) is 8.84. The van der Waals surface area contributed by atoms with Crippen molar-refractivity contribution < 1.29 is 19.2 Å². The summed E-state index contributed by atoms with van der Waals surface area (Å²) in [6.07, 6.45) is 0.694. The first-order chi connectivity index (χ1) is 13.9. The Hall–Kier alpha value is -3.25. The van der Waals surface area contributed by atoms with Gasteiger partial charge in [0.2, 0.25) is 11.7 Å². The Morgan fingerprint density at radius 2 is 1.79 bits per heavy atom. The minimum atomic E-state index is -0.336. The summed E-state index contributed by atoms with van der Waals surface area (Å²) in [5.41, 5.74) is 5.48. The summed E-state index contributed by atoms with van der Waals surface area (Å²) < 4.78 is 0. The van der Waals surface area contributed by atoms with Crippen molar-refractivity contribution in [2.45, 2.75) is 33.6 Å². The number of aromatic nitrogens is 1. The standard InChI is InChI=1S/C23H24N2O4/c1-4-18-22(15(3)26)14(2)24-23(18)20(27)13-29-25-21(28)12-17-10-7-9-16-8-5-6-11-19(16)17/h5-11,24H,4,12-13H2,1-3H3,(H,25,28). The van der Waals surface area contributed by atoms with Crippen LogP contribution in [0.25, 0.3) is 10.8 Å². The van der Waals surface area contributed by atoms with E-state index < -0.39 is 0 Å². The first kappa shape index (κ1) is 20.5. The number of amides is 1. The van der Waals surface area contributed by atoms with Crippen molar-refractivity contribution in [3.05, 3.63) is 70.5 Å². The van der Waals surface area contributed by atoms with Crippen molar-refractivity contribution in [1.82, 2.24) is 10.5 Å². The van der Waals surface area contributed by atoms with E-state index in [0.29, 0.717) is 28.9 Å². The summed E-state index contributed by atoms with van der Waals surface area (Å²) >= 11 is 0. The fourth-order valence-electron chi connectivity index (χ4n) is 3.65. The number of ketones is 2. The van der Waals surface area contributed by atoms with Crippen molar-refractivity contribution >= 4 is 28.2 Å². The summed E-state index contributed by atoms with van der Waals surface area (Å²) in [6.45, 7) is 4.82. The summed E-state index contributed by atoms with van der Waals surface area (Å²) in [4.78, 5) is 44.7. The zero-order valence-corrected chi connectivity index (χ0v) is 16.8. The molecule has 0 aliphatic rings. The maximum absolute atomic E-state index is 12.5. The van der Waals surface area contributed by atoms with Crippen molar-refractivity contribution in [2.75, 3.05) is 6.61 Å². The number of hydrogen-bond donors (Lipinski definition) is 2. The molecule has 0 saturated carbocycles. The lowest BCUT2D eigenvalue weighted by atomic mass is 10.0. The number of aryl methyl sites for hydroxylation is 1. The Kier molecular flexibility index (Phi) is 6.24. The largest absolute Gasteiger partial charge is 0.355 e. The van der Waals surface area contributed by atoms with Gasteiger partial charge in [-0.25, -0.2) is 5.48 Å². The van der Waals surface area contributed by atoms with Gasteiger partial charge < -0.3 is 4.98 Å². The zero-order valence-electron chi connectivity index (χ0n) is 16.8. The third-order valence-corrected chi connectivity index (χ3v) is 4.90. The SMILES string of the molecule is CCc1c(C(=O)CONC(=O)Cc2cccc3ccccc23)[nH]c(C)c1C(C)=O. The normalized spacial score (nSPS) is 10.9. The molecule has 6 nitrogen and oxygen atoms in total. The topological polar surface area (TPSA) is 88.3 Å². The molecule has 0 bridgehead atoms. The van der Waals surface area contributed by atoms with Gasteiger partial charge in [-0.15, -0.1) is 0 Å². The third kappa shape index (κ3) is 4.43. The Bertz CT molecular complexity index is 1080. The summed E-state index contributed by atoms with van der Waals surface area (Å²) in [5, 5.41) is 2.07. The van der Waals surface area contributed by atoms with Gasteiger partial charge in [0, 0.05) is 11.3 Å². The summed E-state index contributed by atoms with van der Waals surface area (Å²) in [7, 11) is 0. The van der Waals surface area contributed by atoms with Gasteiger partial charge in [0.05, 0.1) is 12.1 Å². The molecule has 2 aromatic carbocycles. The quantitative estimate of drug-likeness (QED) is 0.452. The number of hydrogen-bond acceptors (Lipinski definition) is 4.